The summed E-state index contributed by atoms with van der Waals surface area (Å²) >= 11 is 0. The van der Waals surface area contributed by atoms with Crippen molar-refractivity contribution < 1.29 is 14.6 Å². The summed E-state index contributed by atoms with van der Waals surface area (Å²) in [6, 6.07) is 15.8. The standard InChI is InChI=1S/C26H33N3O3/c1-5-19(16-25(30)32-4)20-10-13-23(29-14-6-7-24(29)26(2,3)31)22(15-20)28-21-11-8-18(17-27)9-12-21/h8-13,15,19,24,28,31H,5-7,14,16H2,1-4H3. The van der Waals surface area contributed by atoms with E-state index in [9.17, 15) is 9.90 Å². The Morgan fingerprint density at radius 1 is 1.31 bits per heavy atom. The predicted octanol–water partition coefficient (Wildman–Crippen LogP) is 5.10. The molecule has 0 amide bonds. The number of anilines is 3. The second kappa shape index (κ2) is 10.1. The molecular weight excluding hydrogens is 402 g/mol. The number of esters is 1. The molecular formula is C26H33N3O3. The van der Waals surface area contributed by atoms with Gasteiger partial charge in [-0.15, -0.1) is 0 Å². The van der Waals surface area contributed by atoms with Crippen LogP contribution in [-0.2, 0) is 9.53 Å². The van der Waals surface area contributed by atoms with E-state index >= 15 is 0 Å². The van der Waals surface area contributed by atoms with Gasteiger partial charge in [0.25, 0.3) is 0 Å². The number of nitriles is 1. The second-order valence-corrected chi connectivity index (χ2v) is 8.98. The highest BCUT2D eigenvalue weighted by Gasteiger charge is 2.37. The number of nitrogens with zero attached hydrogens (tertiary/aromatic N) is 2. The van der Waals surface area contributed by atoms with Crippen molar-refractivity contribution in [2.24, 2.45) is 0 Å². The number of aliphatic hydroxyl groups is 1. The number of benzene rings is 2. The molecule has 0 bridgehead atoms. The summed E-state index contributed by atoms with van der Waals surface area (Å²) in [4.78, 5) is 14.2. The molecule has 2 aromatic rings. The van der Waals surface area contributed by atoms with Gasteiger partial charge < -0.3 is 20.1 Å². The zero-order valence-corrected chi connectivity index (χ0v) is 19.4. The van der Waals surface area contributed by atoms with E-state index < -0.39 is 5.60 Å². The molecule has 3 rings (SSSR count). The van der Waals surface area contributed by atoms with E-state index in [-0.39, 0.29) is 17.9 Å². The van der Waals surface area contributed by atoms with Gasteiger partial charge in [-0.25, -0.2) is 0 Å². The Hall–Kier alpha value is -3.04. The van der Waals surface area contributed by atoms with Crippen LogP contribution < -0.4 is 10.2 Å². The summed E-state index contributed by atoms with van der Waals surface area (Å²) in [5, 5.41) is 23.4. The Morgan fingerprint density at radius 2 is 2.03 bits per heavy atom. The zero-order chi connectivity index (χ0) is 23.3. The van der Waals surface area contributed by atoms with Gasteiger partial charge in [-0.05, 0) is 81.0 Å². The largest absolute Gasteiger partial charge is 0.469 e. The Kier molecular flexibility index (Phi) is 7.42. The summed E-state index contributed by atoms with van der Waals surface area (Å²) in [6.07, 6.45) is 3.10. The van der Waals surface area contributed by atoms with E-state index in [0.717, 1.165) is 48.4 Å². The minimum atomic E-state index is -0.822. The Bertz CT molecular complexity index is 973. The number of carbonyl (C=O) groups is 1. The van der Waals surface area contributed by atoms with Gasteiger partial charge >= 0.3 is 5.97 Å². The van der Waals surface area contributed by atoms with Crippen LogP contribution in [0.2, 0.25) is 0 Å². The third kappa shape index (κ3) is 5.41. The van der Waals surface area contributed by atoms with Gasteiger partial charge in [0.05, 0.1) is 48.2 Å². The van der Waals surface area contributed by atoms with Crippen molar-refractivity contribution in [1.29, 1.82) is 5.26 Å². The van der Waals surface area contributed by atoms with Crippen molar-refractivity contribution >= 4 is 23.0 Å². The minimum Gasteiger partial charge on any atom is -0.469 e. The molecule has 1 fully saturated rings. The minimum absolute atomic E-state index is 0.0203. The van der Waals surface area contributed by atoms with Crippen LogP contribution in [0.3, 0.4) is 0 Å². The lowest BCUT2D eigenvalue weighted by molar-refractivity contribution is -0.141. The van der Waals surface area contributed by atoms with Crippen LogP contribution in [0.25, 0.3) is 0 Å². The quantitative estimate of drug-likeness (QED) is 0.561. The van der Waals surface area contributed by atoms with Gasteiger partial charge in [-0.1, -0.05) is 13.0 Å². The van der Waals surface area contributed by atoms with Crippen LogP contribution >= 0.6 is 0 Å². The predicted molar refractivity (Wildman–Crippen MR) is 127 cm³/mol. The molecule has 6 nitrogen and oxygen atoms in total. The highest BCUT2D eigenvalue weighted by molar-refractivity contribution is 5.78. The lowest BCUT2D eigenvalue weighted by atomic mass is 9.91. The molecule has 170 valence electrons. The fourth-order valence-corrected chi connectivity index (χ4v) is 4.51. The molecule has 6 heteroatoms. The van der Waals surface area contributed by atoms with Gasteiger partial charge in [-0.2, -0.15) is 5.26 Å². The number of ether oxygens (including phenoxy) is 1. The van der Waals surface area contributed by atoms with Crippen molar-refractivity contribution in [2.75, 3.05) is 23.9 Å². The molecule has 1 aliphatic heterocycles. The maximum atomic E-state index is 11.9. The van der Waals surface area contributed by atoms with Crippen LogP contribution in [0, 0.1) is 11.3 Å². The van der Waals surface area contributed by atoms with Crippen LogP contribution in [0.4, 0.5) is 17.1 Å². The van der Waals surface area contributed by atoms with Crippen molar-refractivity contribution in [3.05, 3.63) is 53.6 Å². The molecule has 1 aliphatic rings. The molecule has 32 heavy (non-hydrogen) atoms. The maximum absolute atomic E-state index is 11.9. The number of rotatable bonds is 8. The summed E-state index contributed by atoms with van der Waals surface area (Å²) in [7, 11) is 1.42. The third-order valence-corrected chi connectivity index (χ3v) is 6.30. The fourth-order valence-electron chi connectivity index (χ4n) is 4.51. The van der Waals surface area contributed by atoms with E-state index in [1.165, 1.54) is 7.11 Å². The summed E-state index contributed by atoms with van der Waals surface area (Å²) in [5.41, 5.74) is 3.68. The average Bonchev–Trinajstić information content (AvgIpc) is 3.28. The molecule has 0 radical (unpaired) electrons. The monoisotopic (exact) mass is 435 g/mol. The van der Waals surface area contributed by atoms with Crippen molar-refractivity contribution in [1.82, 2.24) is 0 Å². The summed E-state index contributed by atoms with van der Waals surface area (Å²) in [6.45, 7) is 6.67. The lowest BCUT2D eigenvalue weighted by Gasteiger charge is -2.36. The molecule has 2 unspecified atom stereocenters. The van der Waals surface area contributed by atoms with E-state index in [2.05, 4.69) is 41.4 Å². The van der Waals surface area contributed by atoms with Crippen molar-refractivity contribution in [3.63, 3.8) is 0 Å². The summed E-state index contributed by atoms with van der Waals surface area (Å²) < 4.78 is 4.89. The maximum Gasteiger partial charge on any atom is 0.306 e. The highest BCUT2D eigenvalue weighted by Crippen LogP contribution is 2.39. The van der Waals surface area contributed by atoms with Crippen LogP contribution in [0.5, 0.6) is 0 Å². The number of hydrogen-bond acceptors (Lipinski definition) is 6. The number of carbonyl (C=O) groups excluding carboxylic acids is 1. The Balaban J connectivity index is 2.01. The molecule has 0 saturated carbocycles. The summed E-state index contributed by atoms with van der Waals surface area (Å²) in [5.74, 6) is -0.161. The van der Waals surface area contributed by atoms with Gasteiger partial charge in [-0.3, -0.25) is 4.79 Å². The molecule has 1 saturated heterocycles. The lowest BCUT2D eigenvalue weighted by Crippen LogP contribution is -2.46. The van der Waals surface area contributed by atoms with E-state index in [4.69, 9.17) is 10.00 Å². The highest BCUT2D eigenvalue weighted by atomic mass is 16.5. The molecule has 0 aliphatic carbocycles. The van der Waals surface area contributed by atoms with Crippen LogP contribution in [0.1, 0.15) is 63.5 Å². The second-order valence-electron chi connectivity index (χ2n) is 8.98. The van der Waals surface area contributed by atoms with E-state index in [1.807, 2.05) is 26.0 Å². The first kappa shape index (κ1) is 23.6. The number of hydrogen-bond donors (Lipinski definition) is 2. The molecule has 1 heterocycles. The van der Waals surface area contributed by atoms with Gasteiger partial charge in [0, 0.05) is 12.2 Å². The molecule has 2 atom stereocenters. The average molecular weight is 436 g/mol. The van der Waals surface area contributed by atoms with Gasteiger partial charge in [0.15, 0.2) is 0 Å². The van der Waals surface area contributed by atoms with Crippen LogP contribution in [0.15, 0.2) is 42.5 Å². The van der Waals surface area contributed by atoms with Crippen molar-refractivity contribution in [2.45, 2.75) is 64.0 Å². The molecule has 2 aromatic carbocycles. The van der Waals surface area contributed by atoms with Gasteiger partial charge in [0.2, 0.25) is 0 Å². The van der Waals surface area contributed by atoms with Gasteiger partial charge in [0.1, 0.15) is 0 Å². The Morgan fingerprint density at radius 3 is 2.62 bits per heavy atom. The van der Waals surface area contributed by atoms with E-state index in [0.29, 0.717) is 12.0 Å². The smallest absolute Gasteiger partial charge is 0.306 e. The fraction of sp³-hybridized carbons (Fsp3) is 0.462. The molecule has 0 aromatic heterocycles. The first-order valence-electron chi connectivity index (χ1n) is 11.2. The van der Waals surface area contributed by atoms with Crippen LogP contribution in [-0.4, -0.2) is 36.4 Å². The number of nitrogens with one attached hydrogen (secondary N) is 1. The third-order valence-electron chi connectivity index (χ3n) is 6.30. The molecule has 0 spiro atoms. The first-order chi connectivity index (χ1) is 15.3. The Labute approximate surface area is 190 Å². The number of methoxy groups -OCH3 is 1. The van der Waals surface area contributed by atoms with E-state index in [1.54, 1.807) is 12.1 Å². The normalized spacial score (nSPS) is 17.0. The van der Waals surface area contributed by atoms with Crippen molar-refractivity contribution in [3.8, 4) is 6.07 Å². The SMILES string of the molecule is CCC(CC(=O)OC)c1ccc(N2CCCC2C(C)(C)O)c(Nc2ccc(C#N)cc2)c1. The zero-order valence-electron chi connectivity index (χ0n) is 19.4. The first-order valence-corrected chi connectivity index (χ1v) is 11.2. The molecule has 2 N–H and O–H groups in total. The topological polar surface area (TPSA) is 85.6 Å².